The molecule has 3 rings (SSSR count). The summed E-state index contributed by atoms with van der Waals surface area (Å²) >= 11 is 0. The summed E-state index contributed by atoms with van der Waals surface area (Å²) in [5, 5.41) is 17.7. The molecular weight excluding hydrogens is 339 g/mol. The Balaban J connectivity index is 1.68. The fourth-order valence-corrected chi connectivity index (χ4v) is 2.48. The highest BCUT2D eigenvalue weighted by molar-refractivity contribution is 6.04. The van der Waals surface area contributed by atoms with Crippen molar-refractivity contribution in [2.45, 2.75) is 13.5 Å². The number of nitrogens with zero attached hydrogens (tertiary/aromatic N) is 3. The average Bonchev–Trinajstić information content (AvgIpc) is 3.03. The summed E-state index contributed by atoms with van der Waals surface area (Å²) in [7, 11) is 0. The molecule has 7 nitrogen and oxygen atoms in total. The Hall–Kier alpha value is -3.55. The summed E-state index contributed by atoms with van der Waals surface area (Å²) in [5.41, 5.74) is 1.55. The first kappa shape index (κ1) is 17.3. The Morgan fingerprint density at radius 3 is 2.62 bits per heavy atom. The lowest BCUT2D eigenvalue weighted by molar-refractivity contribution is -0.385. The smallest absolute Gasteiger partial charge is 0.272 e. The van der Waals surface area contributed by atoms with E-state index in [1.165, 1.54) is 30.3 Å². The van der Waals surface area contributed by atoms with Crippen LogP contribution in [0.4, 0.5) is 15.9 Å². The number of hydrogen-bond donors (Lipinski definition) is 1. The van der Waals surface area contributed by atoms with Gasteiger partial charge < -0.3 is 5.32 Å². The molecule has 1 N–H and O–H groups in total. The lowest BCUT2D eigenvalue weighted by Crippen LogP contribution is -2.13. The normalized spacial score (nSPS) is 10.5. The maximum absolute atomic E-state index is 12.9. The third-order valence-electron chi connectivity index (χ3n) is 3.80. The molecule has 0 aliphatic heterocycles. The number of carbonyl (C=O) groups excluding carboxylic acids is 1. The van der Waals surface area contributed by atoms with Crippen molar-refractivity contribution in [2.24, 2.45) is 0 Å². The highest BCUT2D eigenvalue weighted by Gasteiger charge is 2.14. The lowest BCUT2D eigenvalue weighted by atomic mass is 10.1. The summed E-state index contributed by atoms with van der Waals surface area (Å²) in [6, 6.07) is 11.9. The van der Waals surface area contributed by atoms with Gasteiger partial charge in [-0.1, -0.05) is 12.1 Å². The Morgan fingerprint density at radius 2 is 1.96 bits per heavy atom. The fourth-order valence-electron chi connectivity index (χ4n) is 2.48. The van der Waals surface area contributed by atoms with Crippen LogP contribution in [-0.2, 0) is 6.54 Å². The van der Waals surface area contributed by atoms with Crippen LogP contribution in [0, 0.1) is 22.9 Å². The van der Waals surface area contributed by atoms with E-state index in [-0.39, 0.29) is 11.5 Å². The van der Waals surface area contributed by atoms with Gasteiger partial charge in [0.05, 0.1) is 11.5 Å². The van der Waals surface area contributed by atoms with Gasteiger partial charge in [-0.15, -0.1) is 0 Å². The van der Waals surface area contributed by atoms with E-state index in [9.17, 15) is 19.3 Å². The van der Waals surface area contributed by atoms with E-state index in [0.717, 1.165) is 5.56 Å². The zero-order chi connectivity index (χ0) is 18.7. The largest absolute Gasteiger partial charge is 0.305 e. The molecule has 0 atom stereocenters. The van der Waals surface area contributed by atoms with Crippen LogP contribution >= 0.6 is 0 Å². The zero-order valence-electron chi connectivity index (χ0n) is 13.8. The van der Waals surface area contributed by atoms with Crippen molar-refractivity contribution < 1.29 is 14.1 Å². The molecule has 0 bridgehead atoms. The minimum Gasteiger partial charge on any atom is -0.305 e. The topological polar surface area (TPSA) is 90.1 Å². The van der Waals surface area contributed by atoms with Crippen molar-refractivity contribution in [1.82, 2.24) is 9.78 Å². The second-order valence-electron chi connectivity index (χ2n) is 5.74. The van der Waals surface area contributed by atoms with E-state index in [0.29, 0.717) is 23.5 Å². The number of nitrogens with one attached hydrogen (secondary N) is 1. The number of rotatable bonds is 5. The average molecular weight is 354 g/mol. The first-order valence-corrected chi connectivity index (χ1v) is 7.76. The predicted octanol–water partition coefficient (Wildman–Crippen LogP) is 3.54. The van der Waals surface area contributed by atoms with Crippen LogP contribution in [0.2, 0.25) is 0 Å². The Morgan fingerprint density at radius 1 is 1.23 bits per heavy atom. The van der Waals surface area contributed by atoms with Gasteiger partial charge in [-0.2, -0.15) is 5.10 Å². The fraction of sp³-hybridized carbons (Fsp3) is 0.111. The zero-order valence-corrected chi connectivity index (χ0v) is 13.8. The molecule has 1 heterocycles. The van der Waals surface area contributed by atoms with Crippen molar-refractivity contribution in [3.8, 4) is 0 Å². The number of benzene rings is 2. The molecule has 0 radical (unpaired) electrons. The molecule has 3 aromatic rings. The Kier molecular flexibility index (Phi) is 4.74. The van der Waals surface area contributed by atoms with Crippen LogP contribution in [-0.4, -0.2) is 20.6 Å². The molecule has 0 aliphatic rings. The number of carbonyl (C=O) groups is 1. The molecule has 1 amide bonds. The van der Waals surface area contributed by atoms with Crippen LogP contribution in [0.25, 0.3) is 0 Å². The van der Waals surface area contributed by atoms with Gasteiger partial charge in [0, 0.05) is 29.5 Å². The van der Waals surface area contributed by atoms with Crippen LogP contribution in [0.15, 0.2) is 54.7 Å². The molecular formula is C18H15FN4O3. The van der Waals surface area contributed by atoms with Gasteiger partial charge in [0.15, 0.2) is 5.82 Å². The first-order chi connectivity index (χ1) is 12.4. The van der Waals surface area contributed by atoms with Crippen molar-refractivity contribution in [2.75, 3.05) is 5.32 Å². The first-order valence-electron chi connectivity index (χ1n) is 7.76. The lowest BCUT2D eigenvalue weighted by Gasteiger charge is -2.04. The minimum absolute atomic E-state index is 0.0369. The van der Waals surface area contributed by atoms with Crippen molar-refractivity contribution in [3.05, 3.63) is 87.3 Å². The van der Waals surface area contributed by atoms with Crippen LogP contribution in [0.3, 0.4) is 0 Å². The highest BCUT2D eigenvalue weighted by atomic mass is 19.1. The number of hydrogen-bond acceptors (Lipinski definition) is 4. The van der Waals surface area contributed by atoms with E-state index < -0.39 is 10.8 Å². The summed E-state index contributed by atoms with van der Waals surface area (Å²) in [4.78, 5) is 22.6. The standard InChI is InChI=1S/C18H15FN4O3/c1-12-10-14(4-7-16(12)23(25)26)18(24)20-17-8-9-22(21-17)11-13-2-5-15(19)6-3-13/h2-10H,11H2,1H3,(H,20,21,24). The molecule has 132 valence electrons. The second-order valence-corrected chi connectivity index (χ2v) is 5.74. The van der Waals surface area contributed by atoms with E-state index in [2.05, 4.69) is 10.4 Å². The van der Waals surface area contributed by atoms with E-state index in [1.807, 2.05) is 0 Å². The molecule has 0 unspecified atom stereocenters. The molecule has 2 aromatic carbocycles. The molecule has 0 fully saturated rings. The quantitative estimate of drug-likeness (QED) is 0.560. The van der Waals surface area contributed by atoms with Crippen molar-refractivity contribution in [1.29, 1.82) is 0 Å². The van der Waals surface area contributed by atoms with Crippen LogP contribution in [0.5, 0.6) is 0 Å². The highest BCUT2D eigenvalue weighted by Crippen LogP contribution is 2.19. The minimum atomic E-state index is -0.492. The third-order valence-corrected chi connectivity index (χ3v) is 3.80. The molecule has 26 heavy (non-hydrogen) atoms. The Bertz CT molecular complexity index is 967. The van der Waals surface area contributed by atoms with Crippen molar-refractivity contribution >= 4 is 17.4 Å². The molecule has 0 spiro atoms. The summed E-state index contributed by atoms with van der Waals surface area (Å²) in [5.74, 6) is -0.358. The maximum Gasteiger partial charge on any atom is 0.272 e. The maximum atomic E-state index is 12.9. The number of halogens is 1. The summed E-state index contributed by atoms with van der Waals surface area (Å²) in [6.07, 6.45) is 1.69. The molecule has 1 aromatic heterocycles. The summed E-state index contributed by atoms with van der Waals surface area (Å²) in [6.45, 7) is 2.01. The Labute approximate surface area is 148 Å². The molecule has 0 saturated carbocycles. The van der Waals surface area contributed by atoms with Gasteiger partial charge in [-0.3, -0.25) is 19.6 Å². The SMILES string of the molecule is Cc1cc(C(=O)Nc2ccn(Cc3ccc(F)cc3)n2)ccc1[N+](=O)[O-]. The third kappa shape index (κ3) is 3.92. The van der Waals surface area contributed by atoms with Gasteiger partial charge in [-0.05, 0) is 36.8 Å². The summed E-state index contributed by atoms with van der Waals surface area (Å²) < 4.78 is 14.5. The number of aryl methyl sites for hydroxylation is 1. The number of aromatic nitrogens is 2. The second kappa shape index (κ2) is 7.14. The number of amides is 1. The monoisotopic (exact) mass is 354 g/mol. The molecule has 0 aliphatic carbocycles. The predicted molar refractivity (Wildman–Crippen MR) is 93.5 cm³/mol. The van der Waals surface area contributed by atoms with Gasteiger partial charge in [-0.25, -0.2) is 4.39 Å². The van der Waals surface area contributed by atoms with E-state index in [1.54, 1.807) is 36.0 Å². The number of nitro benzene ring substituents is 1. The van der Waals surface area contributed by atoms with Gasteiger partial charge in [0.25, 0.3) is 11.6 Å². The molecule has 0 saturated heterocycles. The number of nitro groups is 1. The van der Waals surface area contributed by atoms with Gasteiger partial charge in [0.1, 0.15) is 5.82 Å². The van der Waals surface area contributed by atoms with Crippen LogP contribution < -0.4 is 5.32 Å². The van der Waals surface area contributed by atoms with Gasteiger partial charge in [0.2, 0.25) is 0 Å². The molecule has 8 heteroatoms. The van der Waals surface area contributed by atoms with E-state index in [4.69, 9.17) is 0 Å². The van der Waals surface area contributed by atoms with Gasteiger partial charge >= 0.3 is 0 Å². The van der Waals surface area contributed by atoms with Crippen molar-refractivity contribution in [3.63, 3.8) is 0 Å². The van der Waals surface area contributed by atoms with E-state index >= 15 is 0 Å². The van der Waals surface area contributed by atoms with Crippen LogP contribution in [0.1, 0.15) is 21.5 Å². The number of anilines is 1.